The molecule has 0 bridgehead atoms. The summed E-state index contributed by atoms with van der Waals surface area (Å²) in [6, 6.07) is 17.2. The van der Waals surface area contributed by atoms with Crippen LogP contribution in [-0.4, -0.2) is 12.4 Å². The molecule has 0 saturated carbocycles. The van der Waals surface area contributed by atoms with Gasteiger partial charge in [-0.25, -0.2) is 4.39 Å². The molecule has 25 heavy (non-hydrogen) atoms. The Morgan fingerprint density at radius 2 is 1.84 bits per heavy atom. The van der Waals surface area contributed by atoms with Gasteiger partial charge in [-0.05, 0) is 35.3 Å². The van der Waals surface area contributed by atoms with Crippen molar-refractivity contribution in [3.05, 3.63) is 95.1 Å². The molecule has 0 amide bonds. The zero-order valence-corrected chi connectivity index (χ0v) is 13.8. The Morgan fingerprint density at radius 1 is 1.04 bits per heavy atom. The van der Waals surface area contributed by atoms with Gasteiger partial charge in [0.15, 0.2) is 0 Å². The standard InChI is InChI=1S/C21H20FN3/c22-17-10-8-16(9-11-17)21-18-7-4-12-23-14-19(18)24-20(25-21)13-15-5-2-1-3-6-15/h1-6,8-12,14,20-21,24-25H,7,13H2. The fraction of sp³-hybridized carbons (Fsp3) is 0.190. The molecule has 0 aromatic heterocycles. The minimum atomic E-state index is -0.213. The molecular formula is C21H20FN3. The normalized spacial score (nSPS) is 22.3. The molecule has 0 fully saturated rings. The Kier molecular flexibility index (Phi) is 4.44. The monoisotopic (exact) mass is 333 g/mol. The smallest absolute Gasteiger partial charge is 0.123 e. The first-order chi connectivity index (χ1) is 12.3. The van der Waals surface area contributed by atoms with Crippen molar-refractivity contribution in [1.29, 1.82) is 0 Å². The van der Waals surface area contributed by atoms with E-state index in [1.807, 2.05) is 30.6 Å². The van der Waals surface area contributed by atoms with Crippen LogP contribution in [0, 0.1) is 5.82 Å². The molecule has 2 atom stereocenters. The second-order valence-corrected chi connectivity index (χ2v) is 6.34. The highest BCUT2D eigenvalue weighted by Crippen LogP contribution is 2.31. The van der Waals surface area contributed by atoms with Crippen LogP contribution in [0.5, 0.6) is 0 Å². The summed E-state index contributed by atoms with van der Waals surface area (Å²) in [5, 5.41) is 7.24. The van der Waals surface area contributed by atoms with E-state index in [1.54, 1.807) is 0 Å². The number of rotatable bonds is 3. The number of nitrogens with one attached hydrogen (secondary N) is 2. The predicted molar refractivity (Wildman–Crippen MR) is 98.6 cm³/mol. The first-order valence-corrected chi connectivity index (χ1v) is 8.53. The number of benzene rings is 2. The highest BCUT2D eigenvalue weighted by Gasteiger charge is 2.28. The summed E-state index contributed by atoms with van der Waals surface area (Å²) in [5.41, 5.74) is 4.61. The van der Waals surface area contributed by atoms with Crippen LogP contribution in [0.25, 0.3) is 0 Å². The van der Waals surface area contributed by atoms with Gasteiger partial charge in [0.25, 0.3) is 0 Å². The topological polar surface area (TPSA) is 36.4 Å². The summed E-state index contributed by atoms with van der Waals surface area (Å²) in [4.78, 5) is 4.33. The van der Waals surface area contributed by atoms with Crippen molar-refractivity contribution < 1.29 is 4.39 Å². The van der Waals surface area contributed by atoms with Gasteiger partial charge >= 0.3 is 0 Å². The molecule has 2 aromatic carbocycles. The van der Waals surface area contributed by atoms with Gasteiger partial charge in [0, 0.05) is 18.8 Å². The number of allylic oxidation sites excluding steroid dienone is 2. The van der Waals surface area contributed by atoms with Crippen molar-refractivity contribution in [2.75, 3.05) is 0 Å². The SMILES string of the molecule is Fc1ccc(C2NC(Cc3ccccc3)NC3=C2CC=CN=C3)cc1. The molecule has 2 aliphatic heterocycles. The Morgan fingerprint density at radius 3 is 2.64 bits per heavy atom. The average molecular weight is 333 g/mol. The Bertz CT molecular complexity index is 822. The molecule has 2 heterocycles. The van der Waals surface area contributed by atoms with Crippen LogP contribution in [0.1, 0.15) is 23.6 Å². The summed E-state index contributed by atoms with van der Waals surface area (Å²) < 4.78 is 13.3. The van der Waals surface area contributed by atoms with Crippen LogP contribution >= 0.6 is 0 Å². The van der Waals surface area contributed by atoms with Crippen LogP contribution in [0.3, 0.4) is 0 Å². The van der Waals surface area contributed by atoms with Crippen molar-refractivity contribution in [1.82, 2.24) is 10.6 Å². The van der Waals surface area contributed by atoms with E-state index < -0.39 is 0 Å². The fourth-order valence-corrected chi connectivity index (χ4v) is 3.40. The van der Waals surface area contributed by atoms with Crippen LogP contribution in [-0.2, 0) is 6.42 Å². The maximum absolute atomic E-state index is 13.3. The summed E-state index contributed by atoms with van der Waals surface area (Å²) in [7, 11) is 0. The predicted octanol–water partition coefficient (Wildman–Crippen LogP) is 3.87. The van der Waals surface area contributed by atoms with Gasteiger partial charge in [0.05, 0.1) is 17.9 Å². The van der Waals surface area contributed by atoms with Crippen molar-refractivity contribution in [3.8, 4) is 0 Å². The molecule has 0 aliphatic carbocycles. The van der Waals surface area contributed by atoms with E-state index in [2.05, 4.69) is 46.0 Å². The number of aliphatic imine (C=N–C) groups is 1. The Hall–Kier alpha value is -2.72. The zero-order chi connectivity index (χ0) is 17.1. The van der Waals surface area contributed by atoms with E-state index >= 15 is 0 Å². The number of nitrogens with zero attached hydrogens (tertiary/aromatic N) is 1. The first kappa shape index (κ1) is 15.8. The van der Waals surface area contributed by atoms with Gasteiger partial charge in [0.2, 0.25) is 0 Å². The molecular weight excluding hydrogens is 313 g/mol. The molecule has 3 nitrogen and oxygen atoms in total. The minimum Gasteiger partial charge on any atom is -0.368 e. The molecule has 0 saturated heterocycles. The molecule has 0 spiro atoms. The van der Waals surface area contributed by atoms with E-state index in [4.69, 9.17) is 0 Å². The molecule has 2 aliphatic rings. The van der Waals surface area contributed by atoms with Crippen molar-refractivity contribution in [2.45, 2.75) is 25.0 Å². The van der Waals surface area contributed by atoms with Gasteiger partial charge in [-0.15, -0.1) is 0 Å². The third-order valence-corrected chi connectivity index (χ3v) is 4.61. The Labute approximate surface area is 147 Å². The number of hydrogen-bond donors (Lipinski definition) is 2. The van der Waals surface area contributed by atoms with Gasteiger partial charge in [-0.2, -0.15) is 0 Å². The van der Waals surface area contributed by atoms with Gasteiger partial charge in [-0.3, -0.25) is 10.3 Å². The zero-order valence-electron chi connectivity index (χ0n) is 13.8. The van der Waals surface area contributed by atoms with Gasteiger partial charge in [0.1, 0.15) is 5.82 Å². The fourth-order valence-electron chi connectivity index (χ4n) is 3.40. The molecule has 0 radical (unpaired) electrons. The van der Waals surface area contributed by atoms with Crippen LogP contribution in [0.15, 0.2) is 83.1 Å². The van der Waals surface area contributed by atoms with Gasteiger partial charge in [-0.1, -0.05) is 48.5 Å². The maximum atomic E-state index is 13.3. The van der Waals surface area contributed by atoms with E-state index in [9.17, 15) is 4.39 Å². The quantitative estimate of drug-likeness (QED) is 0.894. The largest absolute Gasteiger partial charge is 0.368 e. The van der Waals surface area contributed by atoms with Crippen molar-refractivity contribution in [3.63, 3.8) is 0 Å². The molecule has 2 unspecified atom stereocenters. The highest BCUT2D eigenvalue weighted by atomic mass is 19.1. The minimum absolute atomic E-state index is 0.0414. The summed E-state index contributed by atoms with van der Waals surface area (Å²) >= 11 is 0. The lowest BCUT2D eigenvalue weighted by Crippen LogP contribution is -2.50. The van der Waals surface area contributed by atoms with E-state index in [1.165, 1.54) is 23.3 Å². The van der Waals surface area contributed by atoms with Crippen molar-refractivity contribution >= 4 is 6.21 Å². The van der Waals surface area contributed by atoms with Gasteiger partial charge < -0.3 is 5.32 Å². The third kappa shape index (κ3) is 3.54. The van der Waals surface area contributed by atoms with E-state index in [-0.39, 0.29) is 18.0 Å². The summed E-state index contributed by atoms with van der Waals surface area (Å²) in [6.07, 6.45) is 7.52. The third-order valence-electron chi connectivity index (χ3n) is 4.61. The second-order valence-electron chi connectivity index (χ2n) is 6.34. The summed E-state index contributed by atoms with van der Waals surface area (Å²) in [5.74, 6) is -0.213. The van der Waals surface area contributed by atoms with Crippen LogP contribution < -0.4 is 10.6 Å². The number of hydrogen-bond acceptors (Lipinski definition) is 3. The second kappa shape index (κ2) is 7.03. The lowest BCUT2D eigenvalue weighted by molar-refractivity contribution is 0.392. The van der Waals surface area contributed by atoms with E-state index in [0.717, 1.165) is 24.1 Å². The first-order valence-electron chi connectivity index (χ1n) is 8.53. The molecule has 4 rings (SSSR count). The molecule has 126 valence electrons. The lowest BCUT2D eigenvalue weighted by atomic mass is 9.91. The molecule has 2 N–H and O–H groups in total. The average Bonchev–Trinajstić information content (AvgIpc) is 2.88. The Balaban J connectivity index is 1.66. The lowest BCUT2D eigenvalue weighted by Gasteiger charge is -2.36. The maximum Gasteiger partial charge on any atom is 0.123 e. The van der Waals surface area contributed by atoms with Crippen LogP contribution in [0.2, 0.25) is 0 Å². The van der Waals surface area contributed by atoms with E-state index in [0.29, 0.717) is 0 Å². The molecule has 2 aromatic rings. The number of halogens is 1. The van der Waals surface area contributed by atoms with Crippen LogP contribution in [0.4, 0.5) is 4.39 Å². The molecule has 4 heteroatoms. The highest BCUT2D eigenvalue weighted by molar-refractivity contribution is 5.81. The summed E-state index contributed by atoms with van der Waals surface area (Å²) in [6.45, 7) is 0. The van der Waals surface area contributed by atoms with Crippen molar-refractivity contribution in [2.24, 2.45) is 4.99 Å².